The topological polar surface area (TPSA) is 47.6 Å². The van der Waals surface area contributed by atoms with Crippen molar-refractivity contribution in [1.82, 2.24) is 5.32 Å². The van der Waals surface area contributed by atoms with Crippen molar-refractivity contribution in [2.45, 2.75) is 18.9 Å². The molecule has 1 aliphatic rings. The minimum atomic E-state index is -0.353. The van der Waals surface area contributed by atoms with E-state index in [9.17, 15) is 4.79 Å². The maximum Gasteiger partial charge on any atom is 0.407 e. The van der Waals surface area contributed by atoms with Crippen LogP contribution >= 0.6 is 0 Å². The molecule has 0 radical (unpaired) electrons. The molecule has 2 atom stereocenters. The van der Waals surface area contributed by atoms with E-state index in [0.29, 0.717) is 25.0 Å². The number of rotatable bonds is 6. The molecule has 3 rings (SSSR count). The molecule has 2 aromatic rings. The average molecular weight is 311 g/mol. The summed E-state index contributed by atoms with van der Waals surface area (Å²) in [6.07, 6.45) is 0.750. The van der Waals surface area contributed by atoms with Gasteiger partial charge >= 0.3 is 6.09 Å². The molecule has 1 aliphatic carbocycles. The maximum atomic E-state index is 11.7. The molecule has 0 saturated heterocycles. The Morgan fingerprint density at radius 2 is 1.87 bits per heavy atom. The SMILES string of the molecule is COc1ccc(C2CC2CNC(=O)OCc2ccccc2)cc1. The van der Waals surface area contributed by atoms with Gasteiger partial charge in [-0.2, -0.15) is 0 Å². The molecule has 0 spiro atoms. The van der Waals surface area contributed by atoms with E-state index in [0.717, 1.165) is 17.7 Å². The Balaban J connectivity index is 1.38. The predicted molar refractivity (Wildman–Crippen MR) is 88.5 cm³/mol. The first-order valence-electron chi connectivity index (χ1n) is 7.85. The van der Waals surface area contributed by atoms with Crippen LogP contribution in [0.4, 0.5) is 4.79 Å². The monoisotopic (exact) mass is 311 g/mol. The van der Waals surface area contributed by atoms with E-state index in [1.54, 1.807) is 7.11 Å². The second-order valence-corrected chi connectivity index (χ2v) is 5.82. The molecule has 1 fully saturated rings. The first-order valence-corrected chi connectivity index (χ1v) is 7.85. The Labute approximate surface area is 136 Å². The van der Waals surface area contributed by atoms with Crippen LogP contribution in [-0.2, 0) is 11.3 Å². The van der Waals surface area contributed by atoms with Gasteiger partial charge in [-0.1, -0.05) is 42.5 Å². The number of carbonyl (C=O) groups excluding carboxylic acids is 1. The van der Waals surface area contributed by atoms with Gasteiger partial charge in [0.25, 0.3) is 0 Å². The number of methoxy groups -OCH3 is 1. The number of ether oxygens (including phenoxy) is 2. The Morgan fingerprint density at radius 3 is 2.57 bits per heavy atom. The summed E-state index contributed by atoms with van der Waals surface area (Å²) in [4.78, 5) is 11.7. The number of amides is 1. The van der Waals surface area contributed by atoms with Gasteiger partial charge in [-0.15, -0.1) is 0 Å². The Morgan fingerprint density at radius 1 is 1.13 bits per heavy atom. The average Bonchev–Trinajstić information content (AvgIpc) is 3.39. The van der Waals surface area contributed by atoms with Gasteiger partial charge in [-0.3, -0.25) is 0 Å². The van der Waals surface area contributed by atoms with Gasteiger partial charge in [-0.05, 0) is 41.5 Å². The molecule has 1 N–H and O–H groups in total. The van der Waals surface area contributed by atoms with Crippen LogP contribution in [0.1, 0.15) is 23.5 Å². The first kappa shape index (κ1) is 15.4. The fourth-order valence-electron chi connectivity index (χ4n) is 2.72. The molecule has 0 aliphatic heterocycles. The summed E-state index contributed by atoms with van der Waals surface area (Å²) in [7, 11) is 1.67. The standard InChI is InChI=1S/C19H21NO3/c1-22-17-9-7-15(8-10-17)18-11-16(18)12-20-19(21)23-13-14-5-3-2-4-6-14/h2-10,16,18H,11-13H2,1H3,(H,20,21). The molecule has 23 heavy (non-hydrogen) atoms. The van der Waals surface area contributed by atoms with Crippen molar-refractivity contribution >= 4 is 6.09 Å². The molecule has 0 bridgehead atoms. The first-order chi connectivity index (χ1) is 11.3. The molecule has 0 aromatic heterocycles. The molecule has 1 amide bonds. The normalized spacial score (nSPS) is 19.0. The fraction of sp³-hybridized carbons (Fsp3) is 0.316. The van der Waals surface area contributed by atoms with E-state index in [1.165, 1.54) is 5.56 Å². The largest absolute Gasteiger partial charge is 0.497 e. The van der Waals surface area contributed by atoms with Gasteiger partial charge in [0.1, 0.15) is 12.4 Å². The number of benzene rings is 2. The maximum absolute atomic E-state index is 11.7. The summed E-state index contributed by atoms with van der Waals surface area (Å²) >= 11 is 0. The number of hydrogen-bond acceptors (Lipinski definition) is 3. The fourth-order valence-corrected chi connectivity index (χ4v) is 2.72. The van der Waals surface area contributed by atoms with Gasteiger partial charge in [-0.25, -0.2) is 4.79 Å². The smallest absolute Gasteiger partial charge is 0.407 e. The van der Waals surface area contributed by atoms with E-state index >= 15 is 0 Å². The van der Waals surface area contributed by atoms with Crippen LogP contribution in [0.5, 0.6) is 5.75 Å². The third-order valence-electron chi connectivity index (χ3n) is 4.19. The highest BCUT2D eigenvalue weighted by atomic mass is 16.5. The summed E-state index contributed by atoms with van der Waals surface area (Å²) in [5, 5.41) is 2.85. The van der Waals surface area contributed by atoms with Crippen molar-refractivity contribution in [3.8, 4) is 5.75 Å². The van der Waals surface area contributed by atoms with Gasteiger partial charge < -0.3 is 14.8 Å². The number of carbonyl (C=O) groups is 1. The van der Waals surface area contributed by atoms with Crippen molar-refractivity contribution in [2.24, 2.45) is 5.92 Å². The van der Waals surface area contributed by atoms with Gasteiger partial charge in [0.15, 0.2) is 0 Å². The summed E-state index contributed by atoms with van der Waals surface area (Å²) in [5.74, 6) is 1.89. The lowest BCUT2D eigenvalue weighted by molar-refractivity contribution is 0.139. The van der Waals surface area contributed by atoms with Crippen LogP contribution in [0.25, 0.3) is 0 Å². The van der Waals surface area contributed by atoms with E-state index < -0.39 is 0 Å². The van der Waals surface area contributed by atoms with Crippen LogP contribution < -0.4 is 10.1 Å². The molecule has 0 heterocycles. The van der Waals surface area contributed by atoms with Crippen LogP contribution in [0.2, 0.25) is 0 Å². The van der Waals surface area contributed by atoms with E-state index in [-0.39, 0.29) is 6.09 Å². The van der Waals surface area contributed by atoms with E-state index in [4.69, 9.17) is 9.47 Å². The minimum absolute atomic E-state index is 0.305. The Kier molecular flexibility index (Phi) is 4.81. The van der Waals surface area contributed by atoms with Crippen LogP contribution in [0.3, 0.4) is 0 Å². The second-order valence-electron chi connectivity index (χ2n) is 5.82. The third kappa shape index (κ3) is 4.25. The molecular formula is C19H21NO3. The third-order valence-corrected chi connectivity index (χ3v) is 4.19. The Bertz CT molecular complexity index is 639. The van der Waals surface area contributed by atoms with Crippen LogP contribution in [-0.4, -0.2) is 19.7 Å². The molecule has 4 nitrogen and oxygen atoms in total. The zero-order valence-corrected chi connectivity index (χ0v) is 13.2. The number of alkyl carbamates (subject to hydrolysis) is 1. The summed E-state index contributed by atoms with van der Waals surface area (Å²) in [6.45, 7) is 0.962. The van der Waals surface area contributed by atoms with Crippen molar-refractivity contribution in [3.05, 3.63) is 65.7 Å². The van der Waals surface area contributed by atoms with E-state index in [2.05, 4.69) is 17.4 Å². The predicted octanol–water partition coefficient (Wildman–Crippen LogP) is 3.73. The van der Waals surface area contributed by atoms with Crippen molar-refractivity contribution in [1.29, 1.82) is 0 Å². The van der Waals surface area contributed by atoms with Crippen LogP contribution in [0.15, 0.2) is 54.6 Å². The molecule has 2 unspecified atom stereocenters. The number of nitrogens with one attached hydrogen (secondary N) is 1. The summed E-state index contributed by atoms with van der Waals surface area (Å²) < 4.78 is 10.4. The van der Waals surface area contributed by atoms with Gasteiger partial charge in [0, 0.05) is 6.54 Å². The van der Waals surface area contributed by atoms with Gasteiger partial charge in [0.2, 0.25) is 0 Å². The minimum Gasteiger partial charge on any atom is -0.497 e. The molecule has 4 heteroatoms. The summed E-state index contributed by atoms with van der Waals surface area (Å²) in [5.41, 5.74) is 2.29. The van der Waals surface area contributed by atoms with Gasteiger partial charge in [0.05, 0.1) is 7.11 Å². The van der Waals surface area contributed by atoms with E-state index in [1.807, 2.05) is 42.5 Å². The second kappa shape index (κ2) is 7.18. The lowest BCUT2D eigenvalue weighted by atomic mass is 10.1. The zero-order chi connectivity index (χ0) is 16.1. The lowest BCUT2D eigenvalue weighted by Gasteiger charge is -2.07. The Hall–Kier alpha value is -2.49. The lowest BCUT2D eigenvalue weighted by Crippen LogP contribution is -2.26. The highest BCUT2D eigenvalue weighted by Gasteiger charge is 2.38. The highest BCUT2D eigenvalue weighted by molar-refractivity contribution is 5.67. The summed E-state index contributed by atoms with van der Waals surface area (Å²) in [6, 6.07) is 17.8. The van der Waals surface area contributed by atoms with Crippen molar-refractivity contribution in [3.63, 3.8) is 0 Å². The van der Waals surface area contributed by atoms with Crippen molar-refractivity contribution < 1.29 is 14.3 Å². The molecule has 1 saturated carbocycles. The molecule has 120 valence electrons. The number of hydrogen-bond donors (Lipinski definition) is 1. The van der Waals surface area contributed by atoms with Crippen molar-refractivity contribution in [2.75, 3.05) is 13.7 Å². The quantitative estimate of drug-likeness (QED) is 0.884. The molecular weight excluding hydrogens is 290 g/mol. The van der Waals surface area contributed by atoms with Crippen LogP contribution in [0, 0.1) is 5.92 Å². The highest BCUT2D eigenvalue weighted by Crippen LogP contribution is 2.47. The molecule has 2 aromatic carbocycles. The zero-order valence-electron chi connectivity index (χ0n) is 13.2.